The van der Waals surface area contributed by atoms with Gasteiger partial charge in [-0.2, -0.15) is 5.10 Å². The molecule has 0 bridgehead atoms. The minimum Gasteiger partial charge on any atom is -0.445 e. The number of nitrogens with zero attached hydrogens (tertiary/aromatic N) is 2. The van der Waals surface area contributed by atoms with E-state index in [0.29, 0.717) is 32.8 Å². The molecule has 3 aromatic rings. The molecule has 0 spiro atoms. The molecule has 1 aliphatic rings. The van der Waals surface area contributed by atoms with E-state index in [9.17, 15) is 17.6 Å². The lowest BCUT2D eigenvalue weighted by molar-refractivity contribution is 0.164. The van der Waals surface area contributed by atoms with Gasteiger partial charge in [0.2, 0.25) is 0 Å². The van der Waals surface area contributed by atoms with E-state index in [0.717, 1.165) is 11.1 Å². The molecular weight excluding hydrogens is 540 g/mol. The molecule has 0 saturated heterocycles. The number of carbonyl (C=O) groups is 1. The van der Waals surface area contributed by atoms with E-state index in [1.54, 1.807) is 29.1 Å². The fourth-order valence-corrected chi connectivity index (χ4v) is 5.19. The molecule has 0 aliphatic heterocycles. The highest BCUT2D eigenvalue weighted by Crippen LogP contribution is 2.34. The van der Waals surface area contributed by atoms with Crippen molar-refractivity contribution >= 4 is 56.5 Å². The van der Waals surface area contributed by atoms with Crippen LogP contribution in [0.1, 0.15) is 23.2 Å². The second-order valence-corrected chi connectivity index (χ2v) is 10.7. The average Bonchev–Trinajstić information content (AvgIpc) is 3.20. The first kappa shape index (κ1) is 25.5. The van der Waals surface area contributed by atoms with Crippen molar-refractivity contribution in [3.63, 3.8) is 0 Å². The summed E-state index contributed by atoms with van der Waals surface area (Å²) in [5.41, 5.74) is 2.49. The smallest absolute Gasteiger partial charge is 0.421 e. The van der Waals surface area contributed by atoms with Crippen LogP contribution in [0.3, 0.4) is 0 Å². The second kappa shape index (κ2) is 10.6. The van der Waals surface area contributed by atoms with Gasteiger partial charge >= 0.3 is 6.09 Å². The molecule has 0 fully saturated rings. The summed E-state index contributed by atoms with van der Waals surface area (Å²) < 4.78 is 47.9. The number of halogens is 4. The van der Waals surface area contributed by atoms with Gasteiger partial charge in [0.25, 0.3) is 10.0 Å². The Morgan fingerprint density at radius 1 is 1.17 bits per heavy atom. The largest absolute Gasteiger partial charge is 0.445 e. The highest BCUT2D eigenvalue weighted by atomic mass is 35.5. The summed E-state index contributed by atoms with van der Waals surface area (Å²) in [6.45, 7) is -0.0554. The number of benzene rings is 2. The Labute approximate surface area is 216 Å². The zero-order valence-electron chi connectivity index (χ0n) is 18.0. The van der Waals surface area contributed by atoms with E-state index in [-0.39, 0.29) is 24.5 Å². The Morgan fingerprint density at radius 3 is 2.60 bits per heavy atom. The highest BCUT2D eigenvalue weighted by Gasteiger charge is 2.28. The van der Waals surface area contributed by atoms with Gasteiger partial charge in [-0.3, -0.25) is 4.68 Å². The first-order chi connectivity index (χ1) is 16.6. The maximum Gasteiger partial charge on any atom is 0.421 e. The van der Waals surface area contributed by atoms with Gasteiger partial charge in [0.15, 0.2) is 0 Å². The minimum atomic E-state index is -4.14. The van der Waals surface area contributed by atoms with Crippen LogP contribution >= 0.6 is 34.8 Å². The molecule has 1 heterocycles. The first-order valence-electron chi connectivity index (χ1n) is 10.4. The highest BCUT2D eigenvalue weighted by molar-refractivity contribution is 7.90. The van der Waals surface area contributed by atoms with Crippen molar-refractivity contribution in [2.24, 2.45) is 0 Å². The number of alkyl halides is 1. The molecule has 1 aromatic heterocycles. The standard InChI is InChI=1S/C23H19Cl3FN3O4S/c24-16-4-6-18(7-5-16)35(32,33)29-23(31)34-10-9-19-21(27)8-2-14-12-28-30(22(14)19)13-15-1-3-17(25)11-20(15)26/h1,3-7,9,11-12,21H,2,8,10,13H2,(H,29,31)/b19-9+. The van der Waals surface area contributed by atoms with Gasteiger partial charge in [-0.05, 0) is 66.4 Å². The van der Waals surface area contributed by atoms with Gasteiger partial charge in [-0.25, -0.2) is 22.3 Å². The summed E-state index contributed by atoms with van der Waals surface area (Å²) in [7, 11) is -4.14. The molecule has 1 unspecified atom stereocenters. The van der Waals surface area contributed by atoms with Crippen molar-refractivity contribution in [2.75, 3.05) is 6.61 Å². The van der Waals surface area contributed by atoms with Crippen LogP contribution in [0.25, 0.3) is 5.57 Å². The molecule has 1 amide bonds. The van der Waals surface area contributed by atoms with E-state index in [2.05, 4.69) is 5.10 Å². The van der Waals surface area contributed by atoms with Crippen molar-refractivity contribution in [1.29, 1.82) is 0 Å². The number of sulfonamides is 1. The van der Waals surface area contributed by atoms with Crippen LogP contribution < -0.4 is 4.72 Å². The Balaban J connectivity index is 1.48. The number of nitrogens with one attached hydrogen (secondary N) is 1. The van der Waals surface area contributed by atoms with Crippen molar-refractivity contribution in [3.8, 4) is 0 Å². The third kappa shape index (κ3) is 5.98. The van der Waals surface area contributed by atoms with Gasteiger partial charge in [0.1, 0.15) is 12.8 Å². The van der Waals surface area contributed by atoms with Crippen molar-refractivity contribution in [3.05, 3.63) is 86.6 Å². The SMILES string of the molecule is O=C(NS(=O)(=O)c1ccc(Cl)cc1)OC/C=C1/c2c(cnn2Cc2ccc(Cl)cc2Cl)CCC1F. The van der Waals surface area contributed by atoms with Gasteiger partial charge in [0, 0.05) is 20.6 Å². The maximum atomic E-state index is 14.9. The lowest BCUT2D eigenvalue weighted by atomic mass is 9.91. The Bertz CT molecular complexity index is 1390. The monoisotopic (exact) mass is 557 g/mol. The van der Waals surface area contributed by atoms with E-state index < -0.39 is 22.3 Å². The van der Waals surface area contributed by atoms with E-state index in [4.69, 9.17) is 39.5 Å². The number of amides is 1. The number of hydrogen-bond donors (Lipinski definition) is 1. The normalized spacial score (nSPS) is 16.7. The minimum absolute atomic E-state index is 0.150. The number of aryl methyl sites for hydroxylation is 1. The summed E-state index contributed by atoms with van der Waals surface area (Å²) in [5, 5.41) is 5.69. The summed E-state index contributed by atoms with van der Waals surface area (Å²) in [6, 6.07) is 10.4. The van der Waals surface area contributed by atoms with Crippen molar-refractivity contribution in [1.82, 2.24) is 14.5 Å². The number of rotatable bonds is 6. The number of fused-ring (bicyclic) bond motifs is 1. The third-order valence-corrected chi connectivity index (χ3v) is 7.55. The fraction of sp³-hybridized carbons (Fsp3) is 0.217. The van der Waals surface area contributed by atoms with Crippen LogP contribution in [0.5, 0.6) is 0 Å². The van der Waals surface area contributed by atoms with Crippen LogP contribution in [-0.2, 0) is 27.7 Å². The second-order valence-electron chi connectivity index (χ2n) is 7.74. The maximum absolute atomic E-state index is 14.9. The summed E-state index contributed by atoms with van der Waals surface area (Å²) in [5.74, 6) is 0. The molecule has 35 heavy (non-hydrogen) atoms. The van der Waals surface area contributed by atoms with Crippen molar-refractivity contribution < 1.29 is 22.3 Å². The number of aromatic nitrogens is 2. The van der Waals surface area contributed by atoms with Gasteiger partial charge in [0.05, 0.1) is 23.3 Å². The number of allylic oxidation sites excluding steroid dienone is 1. The van der Waals surface area contributed by atoms with Gasteiger partial charge in [-0.1, -0.05) is 40.9 Å². The number of carbonyl (C=O) groups excluding carboxylic acids is 1. The molecule has 7 nitrogen and oxygen atoms in total. The first-order valence-corrected chi connectivity index (χ1v) is 13.0. The molecule has 0 radical (unpaired) electrons. The van der Waals surface area contributed by atoms with E-state index in [1.165, 1.54) is 30.3 Å². The van der Waals surface area contributed by atoms with Crippen LogP contribution in [0.2, 0.25) is 15.1 Å². The molecule has 0 saturated carbocycles. The average molecular weight is 559 g/mol. The van der Waals surface area contributed by atoms with Crippen LogP contribution in [0.4, 0.5) is 9.18 Å². The van der Waals surface area contributed by atoms with E-state index in [1.807, 2.05) is 4.72 Å². The molecule has 1 N–H and O–H groups in total. The predicted octanol–water partition coefficient (Wildman–Crippen LogP) is 5.67. The molecule has 12 heteroatoms. The topological polar surface area (TPSA) is 90.3 Å². The van der Waals surface area contributed by atoms with Crippen LogP contribution in [-0.4, -0.2) is 37.1 Å². The summed E-state index contributed by atoms with van der Waals surface area (Å²) in [4.78, 5) is 11.9. The lowest BCUT2D eigenvalue weighted by Crippen LogP contribution is -2.31. The quantitative estimate of drug-likeness (QED) is 0.421. The van der Waals surface area contributed by atoms with Gasteiger partial charge < -0.3 is 4.74 Å². The zero-order valence-corrected chi connectivity index (χ0v) is 21.1. The number of ether oxygens (including phenoxy) is 1. The molecular formula is C23H19Cl3FN3O4S. The summed E-state index contributed by atoms with van der Waals surface area (Å²) in [6.07, 6.45) is 1.35. The van der Waals surface area contributed by atoms with E-state index >= 15 is 0 Å². The lowest BCUT2D eigenvalue weighted by Gasteiger charge is -2.22. The molecule has 4 rings (SSSR count). The molecule has 2 aromatic carbocycles. The Hall–Kier alpha value is -2.59. The number of hydrogen-bond acceptors (Lipinski definition) is 5. The van der Waals surface area contributed by atoms with Crippen LogP contribution in [0, 0.1) is 0 Å². The Morgan fingerprint density at radius 2 is 1.89 bits per heavy atom. The third-order valence-electron chi connectivity index (χ3n) is 5.39. The molecule has 1 atom stereocenters. The fourth-order valence-electron chi connectivity index (χ4n) is 3.70. The zero-order chi connectivity index (χ0) is 25.2. The molecule has 1 aliphatic carbocycles. The predicted molar refractivity (Wildman–Crippen MR) is 132 cm³/mol. The Kier molecular flexibility index (Phi) is 7.70. The van der Waals surface area contributed by atoms with Crippen molar-refractivity contribution in [2.45, 2.75) is 30.5 Å². The summed E-state index contributed by atoms with van der Waals surface area (Å²) >= 11 is 18.0. The van der Waals surface area contributed by atoms with Gasteiger partial charge in [-0.15, -0.1) is 0 Å². The molecule has 184 valence electrons. The van der Waals surface area contributed by atoms with Crippen LogP contribution in [0.15, 0.2) is 59.6 Å².